The molecular formula is C19H20N6O2S. The van der Waals surface area contributed by atoms with Crippen molar-refractivity contribution in [2.75, 3.05) is 16.8 Å². The number of nitrogens with one attached hydrogen (secondary N) is 1. The van der Waals surface area contributed by atoms with Crippen LogP contribution in [0.15, 0.2) is 18.2 Å². The summed E-state index contributed by atoms with van der Waals surface area (Å²) in [7, 11) is 0. The lowest BCUT2D eigenvalue weighted by Crippen LogP contribution is -2.30. The zero-order valence-electron chi connectivity index (χ0n) is 15.5. The van der Waals surface area contributed by atoms with E-state index < -0.39 is 0 Å². The van der Waals surface area contributed by atoms with Crippen LogP contribution in [0.5, 0.6) is 0 Å². The van der Waals surface area contributed by atoms with Gasteiger partial charge in [-0.3, -0.25) is 9.59 Å². The van der Waals surface area contributed by atoms with Crippen LogP contribution < -0.4 is 10.2 Å². The van der Waals surface area contributed by atoms with Gasteiger partial charge in [-0.2, -0.15) is 9.61 Å². The summed E-state index contributed by atoms with van der Waals surface area (Å²) in [6, 6.07) is 5.85. The third-order valence-electron chi connectivity index (χ3n) is 5.21. The minimum atomic E-state index is -0.0688. The Morgan fingerprint density at radius 2 is 2.14 bits per heavy atom. The second-order valence-corrected chi connectivity index (χ2v) is 8.38. The topological polar surface area (TPSA) is 92.5 Å². The molecule has 2 aromatic heterocycles. The Morgan fingerprint density at radius 3 is 2.93 bits per heavy atom. The maximum absolute atomic E-state index is 12.5. The molecule has 9 heteroatoms. The number of aryl methyl sites for hydroxylation is 2. The van der Waals surface area contributed by atoms with E-state index in [4.69, 9.17) is 0 Å². The second kappa shape index (κ2) is 6.66. The van der Waals surface area contributed by atoms with E-state index in [1.54, 1.807) is 4.52 Å². The number of carbonyl (C=O) groups excluding carboxylic acids is 2. The lowest BCUT2D eigenvalue weighted by atomic mass is 10.1. The van der Waals surface area contributed by atoms with E-state index in [9.17, 15) is 9.59 Å². The first-order valence-electron chi connectivity index (χ1n) is 9.50. The molecule has 0 atom stereocenters. The molecule has 0 saturated heterocycles. The second-order valence-electron chi connectivity index (χ2n) is 7.34. The Balaban J connectivity index is 1.24. The van der Waals surface area contributed by atoms with Gasteiger partial charge < -0.3 is 10.2 Å². The Morgan fingerprint density at radius 1 is 1.29 bits per heavy atom. The van der Waals surface area contributed by atoms with Crippen LogP contribution in [0.3, 0.4) is 0 Å². The van der Waals surface area contributed by atoms with Gasteiger partial charge in [-0.1, -0.05) is 17.4 Å². The highest BCUT2D eigenvalue weighted by molar-refractivity contribution is 7.16. The molecule has 3 heterocycles. The monoisotopic (exact) mass is 396 g/mol. The van der Waals surface area contributed by atoms with E-state index in [1.807, 2.05) is 30.0 Å². The normalized spacial score (nSPS) is 15.8. The van der Waals surface area contributed by atoms with Crippen LogP contribution >= 0.6 is 11.3 Å². The Kier molecular flexibility index (Phi) is 4.12. The summed E-state index contributed by atoms with van der Waals surface area (Å²) < 4.78 is 1.70. The number of hydrogen-bond acceptors (Lipinski definition) is 6. The molecule has 1 saturated carbocycles. The molecule has 1 aliphatic carbocycles. The molecule has 1 N–H and O–H groups in total. The fourth-order valence-electron chi connectivity index (χ4n) is 3.54. The molecule has 2 aliphatic rings. The van der Waals surface area contributed by atoms with Gasteiger partial charge in [0.25, 0.3) is 0 Å². The van der Waals surface area contributed by atoms with Crippen LogP contribution in [0.25, 0.3) is 4.96 Å². The zero-order valence-corrected chi connectivity index (χ0v) is 16.3. The first-order chi connectivity index (χ1) is 13.6. The van der Waals surface area contributed by atoms with Gasteiger partial charge in [0.05, 0.1) is 0 Å². The van der Waals surface area contributed by atoms with Gasteiger partial charge in [-0.15, -0.1) is 10.2 Å². The number of hydrogen-bond donors (Lipinski definition) is 1. The summed E-state index contributed by atoms with van der Waals surface area (Å²) in [5.41, 5.74) is 2.84. The van der Waals surface area contributed by atoms with Crippen molar-refractivity contribution >= 4 is 39.5 Å². The van der Waals surface area contributed by atoms with E-state index in [2.05, 4.69) is 20.6 Å². The average Bonchev–Trinajstić information content (AvgIpc) is 3.19. The number of anilines is 2. The van der Waals surface area contributed by atoms with E-state index in [0.29, 0.717) is 12.8 Å². The van der Waals surface area contributed by atoms with Gasteiger partial charge in [0.15, 0.2) is 5.82 Å². The van der Waals surface area contributed by atoms with E-state index >= 15 is 0 Å². The van der Waals surface area contributed by atoms with Crippen LogP contribution in [0.4, 0.5) is 11.4 Å². The van der Waals surface area contributed by atoms with Gasteiger partial charge >= 0.3 is 0 Å². The smallest absolute Gasteiger partial charge is 0.234 e. The predicted octanol–water partition coefficient (Wildman–Crippen LogP) is 2.36. The SMILES string of the molecule is Cc1nnc2sc(CCC(=O)Nc3ccc4c(c3)N(C(=O)C3CC3)CC4)nn12. The summed E-state index contributed by atoms with van der Waals surface area (Å²) >= 11 is 1.45. The molecule has 0 unspecified atom stereocenters. The molecule has 144 valence electrons. The number of carbonyl (C=O) groups is 2. The number of fused-ring (bicyclic) bond motifs is 2. The summed E-state index contributed by atoms with van der Waals surface area (Å²) in [4.78, 5) is 27.5. The lowest BCUT2D eigenvalue weighted by Gasteiger charge is -2.18. The molecule has 5 rings (SSSR count). The number of nitrogens with zero attached hydrogens (tertiary/aromatic N) is 5. The number of aromatic nitrogens is 4. The minimum Gasteiger partial charge on any atom is -0.326 e. The highest BCUT2D eigenvalue weighted by atomic mass is 32.1. The highest BCUT2D eigenvalue weighted by Gasteiger charge is 2.36. The average molecular weight is 396 g/mol. The van der Waals surface area contributed by atoms with Crippen molar-refractivity contribution in [1.82, 2.24) is 19.8 Å². The Labute approximate surface area is 165 Å². The molecule has 1 aliphatic heterocycles. The number of rotatable bonds is 5. The third-order valence-corrected chi connectivity index (χ3v) is 6.17. The molecule has 1 aromatic carbocycles. The molecule has 0 radical (unpaired) electrons. The fraction of sp³-hybridized carbons (Fsp3) is 0.421. The first kappa shape index (κ1) is 17.3. The molecule has 0 bridgehead atoms. The largest absolute Gasteiger partial charge is 0.326 e. The maximum atomic E-state index is 12.5. The van der Waals surface area contributed by atoms with Gasteiger partial charge in [0, 0.05) is 36.7 Å². The molecule has 28 heavy (non-hydrogen) atoms. The van der Waals surface area contributed by atoms with Crippen molar-refractivity contribution in [3.05, 3.63) is 34.6 Å². The van der Waals surface area contributed by atoms with Crippen molar-refractivity contribution in [2.45, 2.75) is 39.0 Å². The van der Waals surface area contributed by atoms with Crippen molar-refractivity contribution in [3.63, 3.8) is 0 Å². The number of benzene rings is 1. The molecule has 0 spiro atoms. The molecule has 2 amide bonds. The molecular weight excluding hydrogens is 376 g/mol. The molecule has 3 aromatic rings. The maximum Gasteiger partial charge on any atom is 0.234 e. The van der Waals surface area contributed by atoms with Crippen molar-refractivity contribution in [3.8, 4) is 0 Å². The Hall–Kier alpha value is -2.81. The van der Waals surface area contributed by atoms with E-state index in [1.165, 1.54) is 16.9 Å². The number of amides is 2. The van der Waals surface area contributed by atoms with Crippen molar-refractivity contribution in [2.24, 2.45) is 5.92 Å². The first-order valence-corrected chi connectivity index (χ1v) is 10.3. The van der Waals surface area contributed by atoms with E-state index in [-0.39, 0.29) is 17.7 Å². The Bertz CT molecular complexity index is 1080. The standard InChI is InChI=1S/C19H20N6O2S/c1-11-21-22-19-25(11)23-17(28-19)7-6-16(26)20-14-5-4-12-8-9-24(15(12)10-14)18(27)13-2-3-13/h4-5,10,13H,2-3,6-9H2,1H3,(H,20,26). The van der Waals surface area contributed by atoms with Crippen molar-refractivity contribution < 1.29 is 9.59 Å². The van der Waals surface area contributed by atoms with Crippen LogP contribution in [0, 0.1) is 12.8 Å². The van der Waals surface area contributed by atoms with Crippen LogP contribution in [0.1, 0.15) is 35.7 Å². The van der Waals surface area contributed by atoms with Gasteiger partial charge in [-0.05, 0) is 43.9 Å². The van der Waals surface area contributed by atoms with Gasteiger partial charge in [-0.25, -0.2) is 0 Å². The third kappa shape index (κ3) is 3.15. The quantitative estimate of drug-likeness (QED) is 0.715. The summed E-state index contributed by atoms with van der Waals surface area (Å²) in [5.74, 6) is 1.09. The predicted molar refractivity (Wildman–Crippen MR) is 106 cm³/mol. The minimum absolute atomic E-state index is 0.0688. The molecule has 1 fully saturated rings. The summed E-state index contributed by atoms with van der Waals surface area (Å²) in [6.45, 7) is 2.59. The van der Waals surface area contributed by atoms with Crippen LogP contribution in [0.2, 0.25) is 0 Å². The highest BCUT2D eigenvalue weighted by Crippen LogP contribution is 2.37. The van der Waals surface area contributed by atoms with Crippen LogP contribution in [-0.2, 0) is 22.4 Å². The van der Waals surface area contributed by atoms with Gasteiger partial charge in [0.1, 0.15) is 5.01 Å². The summed E-state index contributed by atoms with van der Waals surface area (Å²) in [5, 5.41) is 16.3. The van der Waals surface area contributed by atoms with E-state index in [0.717, 1.165) is 53.0 Å². The fourth-order valence-corrected chi connectivity index (χ4v) is 4.41. The summed E-state index contributed by atoms with van der Waals surface area (Å²) in [6.07, 6.45) is 3.76. The van der Waals surface area contributed by atoms with Crippen molar-refractivity contribution in [1.29, 1.82) is 0 Å². The zero-order chi connectivity index (χ0) is 19.3. The van der Waals surface area contributed by atoms with Gasteiger partial charge in [0.2, 0.25) is 16.8 Å². The lowest BCUT2D eigenvalue weighted by molar-refractivity contribution is -0.119. The molecule has 8 nitrogen and oxygen atoms in total. The van der Waals surface area contributed by atoms with Crippen LogP contribution in [-0.4, -0.2) is 38.2 Å².